The fraction of sp³-hybridized carbons (Fsp3) is 0.467. The zero-order chi connectivity index (χ0) is 16.3. The maximum absolute atomic E-state index is 13.7. The Kier molecular flexibility index (Phi) is 4.95. The van der Waals surface area contributed by atoms with Gasteiger partial charge in [0.25, 0.3) is 0 Å². The molecule has 1 aliphatic heterocycles. The number of amides is 2. The summed E-state index contributed by atoms with van der Waals surface area (Å²) in [5, 5.41) is 11.5. The van der Waals surface area contributed by atoms with E-state index in [0.29, 0.717) is 25.9 Å². The smallest absolute Gasteiger partial charge is 0.317 e. The van der Waals surface area contributed by atoms with Crippen molar-refractivity contribution in [2.75, 3.05) is 13.1 Å². The maximum atomic E-state index is 13.7. The quantitative estimate of drug-likeness (QED) is 0.901. The van der Waals surface area contributed by atoms with Gasteiger partial charge in [0.2, 0.25) is 0 Å². The second-order valence-electron chi connectivity index (χ2n) is 5.41. The molecule has 1 saturated heterocycles. The van der Waals surface area contributed by atoms with Crippen molar-refractivity contribution in [1.82, 2.24) is 10.2 Å². The molecular formula is C15H18F2N2O3. The van der Waals surface area contributed by atoms with E-state index in [1.54, 1.807) is 0 Å². The van der Waals surface area contributed by atoms with Crippen LogP contribution in [0.15, 0.2) is 18.2 Å². The van der Waals surface area contributed by atoms with E-state index >= 15 is 0 Å². The fourth-order valence-corrected chi connectivity index (χ4v) is 2.60. The van der Waals surface area contributed by atoms with E-state index < -0.39 is 35.6 Å². The standard InChI is InChI=1S/C15H18F2N2O3/c1-9(13-11(16)3-2-4-12(13)17)18-15(22)19-7-5-10(6-8-19)14(20)21/h2-4,9-10H,5-8H2,1H3,(H,18,22)(H,20,21). The molecule has 5 nitrogen and oxygen atoms in total. The van der Waals surface area contributed by atoms with Gasteiger partial charge in [-0.3, -0.25) is 4.79 Å². The Balaban J connectivity index is 1.96. The fourth-order valence-electron chi connectivity index (χ4n) is 2.60. The van der Waals surface area contributed by atoms with Gasteiger partial charge >= 0.3 is 12.0 Å². The van der Waals surface area contributed by atoms with Crippen LogP contribution in [-0.4, -0.2) is 35.1 Å². The number of aliphatic carboxylic acids is 1. The highest BCUT2D eigenvalue weighted by Crippen LogP contribution is 2.22. The molecule has 7 heteroatoms. The molecule has 0 aliphatic carbocycles. The van der Waals surface area contributed by atoms with Gasteiger partial charge in [0.05, 0.1) is 12.0 Å². The van der Waals surface area contributed by atoms with Crippen LogP contribution in [0, 0.1) is 17.6 Å². The number of hydrogen-bond donors (Lipinski definition) is 2. The highest BCUT2D eigenvalue weighted by Gasteiger charge is 2.28. The molecule has 1 aromatic carbocycles. The molecule has 0 aromatic heterocycles. The highest BCUT2D eigenvalue weighted by molar-refractivity contribution is 5.75. The van der Waals surface area contributed by atoms with Crippen LogP contribution in [0.5, 0.6) is 0 Å². The predicted octanol–water partition coefficient (Wildman–Crippen LogP) is 2.53. The Hall–Kier alpha value is -2.18. The third-order valence-electron chi connectivity index (χ3n) is 3.90. The van der Waals surface area contributed by atoms with Gasteiger partial charge in [-0.2, -0.15) is 0 Å². The third-order valence-corrected chi connectivity index (χ3v) is 3.90. The Bertz CT molecular complexity index is 552. The van der Waals surface area contributed by atoms with Crippen LogP contribution in [-0.2, 0) is 4.79 Å². The molecule has 1 aliphatic rings. The first-order valence-corrected chi connectivity index (χ1v) is 7.12. The van der Waals surface area contributed by atoms with E-state index in [0.717, 1.165) is 12.1 Å². The number of likely N-dealkylation sites (tertiary alicyclic amines) is 1. The number of halogens is 2. The average molecular weight is 312 g/mol. The van der Waals surface area contributed by atoms with E-state index in [-0.39, 0.29) is 5.56 Å². The molecule has 120 valence electrons. The van der Waals surface area contributed by atoms with Crippen molar-refractivity contribution < 1.29 is 23.5 Å². The Labute approximate surface area is 126 Å². The lowest BCUT2D eigenvalue weighted by molar-refractivity contribution is -0.143. The molecule has 1 heterocycles. The van der Waals surface area contributed by atoms with Crippen molar-refractivity contribution in [2.45, 2.75) is 25.8 Å². The Morgan fingerprint density at radius 2 is 1.82 bits per heavy atom. The molecule has 1 aromatic rings. The van der Waals surface area contributed by atoms with Crippen molar-refractivity contribution in [3.63, 3.8) is 0 Å². The monoisotopic (exact) mass is 312 g/mol. The van der Waals surface area contributed by atoms with Crippen LogP contribution >= 0.6 is 0 Å². The second-order valence-corrected chi connectivity index (χ2v) is 5.41. The first-order valence-electron chi connectivity index (χ1n) is 7.12. The number of nitrogens with zero attached hydrogens (tertiary/aromatic N) is 1. The van der Waals surface area contributed by atoms with Gasteiger partial charge in [-0.15, -0.1) is 0 Å². The van der Waals surface area contributed by atoms with E-state index in [9.17, 15) is 18.4 Å². The summed E-state index contributed by atoms with van der Waals surface area (Å²) in [6, 6.07) is 2.28. The lowest BCUT2D eigenvalue weighted by Crippen LogP contribution is -2.46. The number of carboxylic acid groups (broad SMARTS) is 1. The van der Waals surface area contributed by atoms with Crippen molar-refractivity contribution in [3.05, 3.63) is 35.4 Å². The van der Waals surface area contributed by atoms with Crippen molar-refractivity contribution >= 4 is 12.0 Å². The van der Waals surface area contributed by atoms with Crippen LogP contribution in [0.1, 0.15) is 31.4 Å². The zero-order valence-corrected chi connectivity index (χ0v) is 12.2. The number of benzene rings is 1. The van der Waals surface area contributed by atoms with Gasteiger partial charge in [-0.25, -0.2) is 13.6 Å². The number of urea groups is 1. The Morgan fingerprint density at radius 3 is 2.32 bits per heavy atom. The van der Waals surface area contributed by atoms with Crippen LogP contribution in [0.2, 0.25) is 0 Å². The van der Waals surface area contributed by atoms with Crippen LogP contribution in [0.25, 0.3) is 0 Å². The van der Waals surface area contributed by atoms with Gasteiger partial charge < -0.3 is 15.3 Å². The lowest BCUT2D eigenvalue weighted by Gasteiger charge is -2.31. The molecule has 0 bridgehead atoms. The van der Waals surface area contributed by atoms with Gasteiger partial charge in [0, 0.05) is 18.7 Å². The number of piperidine rings is 1. The molecule has 0 saturated carbocycles. The van der Waals surface area contributed by atoms with E-state index in [4.69, 9.17) is 5.11 Å². The summed E-state index contributed by atoms with van der Waals surface area (Å²) in [4.78, 5) is 24.4. The molecule has 0 spiro atoms. The first-order chi connectivity index (χ1) is 10.4. The zero-order valence-electron chi connectivity index (χ0n) is 12.2. The Morgan fingerprint density at radius 1 is 1.27 bits per heavy atom. The number of carboxylic acids is 1. The normalized spacial score (nSPS) is 17.1. The van der Waals surface area contributed by atoms with Crippen LogP contribution < -0.4 is 5.32 Å². The van der Waals surface area contributed by atoms with Crippen molar-refractivity contribution in [2.24, 2.45) is 5.92 Å². The first kappa shape index (κ1) is 16.2. The molecule has 0 radical (unpaired) electrons. The minimum absolute atomic E-state index is 0.184. The van der Waals surface area contributed by atoms with E-state index in [1.165, 1.54) is 17.9 Å². The molecule has 22 heavy (non-hydrogen) atoms. The van der Waals surface area contributed by atoms with Crippen LogP contribution in [0.4, 0.5) is 13.6 Å². The SMILES string of the molecule is CC(NC(=O)N1CCC(C(=O)O)CC1)c1c(F)cccc1F. The summed E-state index contributed by atoms with van der Waals surface area (Å²) in [6.07, 6.45) is 0.760. The largest absolute Gasteiger partial charge is 0.481 e. The average Bonchev–Trinajstić information content (AvgIpc) is 2.47. The van der Waals surface area contributed by atoms with Gasteiger partial charge in [-0.1, -0.05) is 6.07 Å². The second kappa shape index (κ2) is 6.72. The molecule has 1 fully saturated rings. The summed E-state index contributed by atoms with van der Waals surface area (Å²) < 4.78 is 27.3. The molecule has 2 amide bonds. The molecule has 1 atom stereocenters. The van der Waals surface area contributed by atoms with Crippen molar-refractivity contribution in [1.29, 1.82) is 0 Å². The number of rotatable bonds is 3. The topological polar surface area (TPSA) is 69.6 Å². The van der Waals surface area contributed by atoms with Gasteiger partial charge in [0.15, 0.2) is 0 Å². The summed E-state index contributed by atoms with van der Waals surface area (Å²) in [5.41, 5.74) is -0.184. The summed E-state index contributed by atoms with van der Waals surface area (Å²) in [7, 11) is 0. The number of carbonyl (C=O) groups excluding carboxylic acids is 1. The maximum Gasteiger partial charge on any atom is 0.317 e. The molecule has 2 rings (SSSR count). The minimum Gasteiger partial charge on any atom is -0.481 e. The number of hydrogen-bond acceptors (Lipinski definition) is 2. The van der Waals surface area contributed by atoms with E-state index in [1.807, 2.05) is 0 Å². The summed E-state index contributed by atoms with van der Waals surface area (Å²) in [5.74, 6) is -2.72. The minimum atomic E-state index is -0.859. The molecule has 1 unspecified atom stereocenters. The highest BCUT2D eigenvalue weighted by atomic mass is 19.1. The van der Waals surface area contributed by atoms with Gasteiger partial charge in [0.1, 0.15) is 11.6 Å². The van der Waals surface area contributed by atoms with Crippen LogP contribution in [0.3, 0.4) is 0 Å². The predicted molar refractivity (Wildman–Crippen MR) is 75.2 cm³/mol. The summed E-state index contributed by atoms with van der Waals surface area (Å²) >= 11 is 0. The summed E-state index contributed by atoms with van der Waals surface area (Å²) in [6.45, 7) is 2.13. The number of carbonyl (C=O) groups is 2. The molecular weight excluding hydrogens is 294 g/mol. The molecule has 2 N–H and O–H groups in total. The van der Waals surface area contributed by atoms with Crippen molar-refractivity contribution in [3.8, 4) is 0 Å². The van der Waals surface area contributed by atoms with E-state index in [2.05, 4.69) is 5.32 Å². The number of nitrogens with one attached hydrogen (secondary N) is 1. The third kappa shape index (κ3) is 3.52. The lowest BCUT2D eigenvalue weighted by atomic mass is 9.97. The van der Waals surface area contributed by atoms with Gasteiger partial charge in [-0.05, 0) is 31.9 Å².